The molecule has 1 unspecified atom stereocenters. The molecule has 1 aliphatic heterocycles. The van der Waals surface area contributed by atoms with Gasteiger partial charge in [0.2, 0.25) is 5.91 Å². The fourth-order valence-electron chi connectivity index (χ4n) is 2.06. The second-order valence-corrected chi connectivity index (χ2v) is 6.05. The molecule has 1 atom stereocenters. The molecule has 21 heavy (non-hydrogen) atoms. The summed E-state index contributed by atoms with van der Waals surface area (Å²) in [5.74, 6) is 0.442. The summed E-state index contributed by atoms with van der Waals surface area (Å²) < 4.78 is 0. The van der Waals surface area contributed by atoms with Gasteiger partial charge in [-0.25, -0.2) is 0 Å². The number of H-pyrrole nitrogens is 1. The number of nitrogens with one attached hydrogen (secondary N) is 1. The number of rotatable bonds is 6. The Morgan fingerprint density at radius 3 is 2.95 bits per heavy atom. The number of aryl methyl sites for hydroxylation is 1. The molecule has 1 aromatic rings. The van der Waals surface area contributed by atoms with E-state index < -0.39 is 5.97 Å². The molecule has 0 radical (unpaired) electrons. The van der Waals surface area contributed by atoms with E-state index in [1.807, 2.05) is 0 Å². The van der Waals surface area contributed by atoms with Crippen LogP contribution < -0.4 is 4.90 Å². The first-order valence-electron chi connectivity index (χ1n) is 6.52. The molecule has 2 N–H and O–H groups in total. The van der Waals surface area contributed by atoms with Crippen LogP contribution in [0.4, 0.5) is 5.95 Å². The van der Waals surface area contributed by atoms with Crippen molar-refractivity contribution >= 4 is 34.7 Å². The minimum atomic E-state index is -0.911. The van der Waals surface area contributed by atoms with Gasteiger partial charge in [-0.05, 0) is 5.92 Å². The largest absolute Gasteiger partial charge is 0.481 e. The summed E-state index contributed by atoms with van der Waals surface area (Å²) in [6.45, 7) is 1.98. The van der Waals surface area contributed by atoms with E-state index in [9.17, 15) is 14.4 Å². The number of aromatic amines is 1. The molecule has 1 amide bonds. The average Bonchev–Trinajstić information content (AvgIpc) is 3.00. The summed E-state index contributed by atoms with van der Waals surface area (Å²) in [6.07, 6.45) is 0.577. The highest BCUT2D eigenvalue weighted by molar-refractivity contribution is 8.13. The van der Waals surface area contributed by atoms with Crippen molar-refractivity contribution in [3.8, 4) is 0 Å². The van der Waals surface area contributed by atoms with Gasteiger partial charge in [-0.2, -0.15) is 4.98 Å². The maximum Gasteiger partial charge on any atom is 0.303 e. The number of anilines is 1. The molecule has 0 bridgehead atoms. The number of carboxylic acid groups (broad SMARTS) is 1. The molecule has 1 saturated heterocycles. The molecule has 0 saturated carbocycles. The fourth-order valence-corrected chi connectivity index (χ4v) is 2.76. The highest BCUT2D eigenvalue weighted by Gasteiger charge is 2.32. The number of carbonyl (C=O) groups excluding carboxylic acids is 2. The van der Waals surface area contributed by atoms with Gasteiger partial charge in [0.25, 0.3) is 5.95 Å². The Labute approximate surface area is 125 Å². The van der Waals surface area contributed by atoms with Crippen molar-refractivity contribution in [3.63, 3.8) is 0 Å². The van der Waals surface area contributed by atoms with Crippen LogP contribution in [-0.4, -0.2) is 49.6 Å². The van der Waals surface area contributed by atoms with E-state index in [1.165, 1.54) is 23.6 Å². The Balaban J connectivity index is 1.94. The van der Waals surface area contributed by atoms with Gasteiger partial charge in [0.15, 0.2) is 5.12 Å². The third-order valence-corrected chi connectivity index (χ3v) is 4.11. The molecule has 1 fully saturated rings. The number of carbonyl (C=O) groups is 3. The van der Waals surface area contributed by atoms with Gasteiger partial charge in [-0.3, -0.25) is 24.4 Å². The van der Waals surface area contributed by atoms with Gasteiger partial charge in [-0.1, -0.05) is 11.8 Å². The van der Waals surface area contributed by atoms with Crippen molar-refractivity contribution in [2.75, 3.05) is 17.2 Å². The lowest BCUT2D eigenvalue weighted by molar-refractivity contribution is -0.137. The number of thioether (sulfide) groups is 1. The molecule has 1 aliphatic rings. The zero-order chi connectivity index (χ0) is 15.4. The topological polar surface area (TPSA) is 116 Å². The van der Waals surface area contributed by atoms with Gasteiger partial charge in [0.05, 0.1) is 6.42 Å². The number of hydrogen-bond acceptors (Lipinski definition) is 6. The molecule has 1 aromatic heterocycles. The minimum absolute atomic E-state index is 0.0368. The van der Waals surface area contributed by atoms with Crippen molar-refractivity contribution in [1.29, 1.82) is 0 Å². The monoisotopic (exact) mass is 312 g/mol. The predicted octanol–water partition coefficient (Wildman–Crippen LogP) is 0.454. The second-order valence-electron chi connectivity index (χ2n) is 4.85. The first kappa shape index (κ1) is 15.5. The van der Waals surface area contributed by atoms with E-state index in [-0.39, 0.29) is 35.7 Å². The van der Waals surface area contributed by atoms with Crippen molar-refractivity contribution in [2.24, 2.45) is 5.92 Å². The van der Waals surface area contributed by atoms with Gasteiger partial charge in [0.1, 0.15) is 5.82 Å². The molecule has 8 nitrogen and oxygen atoms in total. The van der Waals surface area contributed by atoms with Crippen LogP contribution in [0.25, 0.3) is 0 Å². The number of nitrogens with zero attached hydrogens (tertiary/aromatic N) is 3. The lowest BCUT2D eigenvalue weighted by atomic mass is 10.1. The van der Waals surface area contributed by atoms with Crippen molar-refractivity contribution < 1.29 is 19.5 Å². The molecule has 0 spiro atoms. The van der Waals surface area contributed by atoms with Crippen molar-refractivity contribution in [1.82, 2.24) is 15.2 Å². The zero-order valence-corrected chi connectivity index (χ0v) is 12.4. The van der Waals surface area contributed by atoms with E-state index in [4.69, 9.17) is 5.11 Å². The van der Waals surface area contributed by atoms with Crippen LogP contribution in [0, 0.1) is 5.92 Å². The van der Waals surface area contributed by atoms with E-state index in [0.29, 0.717) is 24.5 Å². The van der Waals surface area contributed by atoms with Crippen LogP contribution in [-0.2, 0) is 20.8 Å². The number of carboxylic acids is 1. The summed E-state index contributed by atoms with van der Waals surface area (Å²) in [5, 5.41) is 15.3. The van der Waals surface area contributed by atoms with Crippen molar-refractivity contribution in [2.45, 2.75) is 26.2 Å². The van der Waals surface area contributed by atoms with Crippen LogP contribution in [0.1, 0.15) is 25.6 Å². The molecule has 2 heterocycles. The lowest BCUT2D eigenvalue weighted by Gasteiger charge is -2.11. The average molecular weight is 312 g/mol. The molecule has 0 aromatic carbocycles. The molecular weight excluding hydrogens is 296 g/mol. The number of amides is 1. The van der Waals surface area contributed by atoms with Gasteiger partial charge in [-0.15, -0.1) is 5.10 Å². The van der Waals surface area contributed by atoms with Gasteiger partial charge in [0, 0.05) is 32.1 Å². The molecular formula is C12H16N4O4S. The predicted molar refractivity (Wildman–Crippen MR) is 75.9 cm³/mol. The van der Waals surface area contributed by atoms with Gasteiger partial charge < -0.3 is 5.11 Å². The minimum Gasteiger partial charge on any atom is -0.481 e. The summed E-state index contributed by atoms with van der Waals surface area (Å²) in [7, 11) is 0. The quantitative estimate of drug-likeness (QED) is 0.783. The Kier molecular flexibility index (Phi) is 4.94. The van der Waals surface area contributed by atoms with E-state index in [2.05, 4.69) is 15.2 Å². The van der Waals surface area contributed by atoms with Crippen LogP contribution in [0.15, 0.2) is 0 Å². The number of hydrogen-bond donors (Lipinski definition) is 2. The SMILES string of the molecule is CC(=O)SCC1CC(=O)N(c2n[nH]c(CCC(=O)O)n2)C1. The molecule has 9 heteroatoms. The summed E-state index contributed by atoms with van der Waals surface area (Å²) in [6, 6.07) is 0. The Morgan fingerprint density at radius 1 is 1.52 bits per heavy atom. The lowest BCUT2D eigenvalue weighted by Crippen LogP contribution is -2.26. The first-order chi connectivity index (χ1) is 9.95. The van der Waals surface area contributed by atoms with E-state index in [0.717, 1.165) is 0 Å². The van der Waals surface area contributed by atoms with Crippen LogP contribution >= 0.6 is 11.8 Å². The third-order valence-electron chi connectivity index (χ3n) is 3.06. The maximum atomic E-state index is 11.9. The second kappa shape index (κ2) is 6.70. The Bertz CT molecular complexity index is 559. The van der Waals surface area contributed by atoms with E-state index in [1.54, 1.807) is 0 Å². The van der Waals surface area contributed by atoms with Gasteiger partial charge >= 0.3 is 5.97 Å². The highest BCUT2D eigenvalue weighted by Crippen LogP contribution is 2.25. The molecule has 114 valence electrons. The molecule has 2 rings (SSSR count). The smallest absolute Gasteiger partial charge is 0.303 e. The summed E-state index contributed by atoms with van der Waals surface area (Å²) >= 11 is 1.21. The summed E-state index contributed by atoms with van der Waals surface area (Å²) in [4.78, 5) is 39.0. The Hall–Kier alpha value is -1.90. The number of aliphatic carboxylic acids is 1. The maximum absolute atomic E-state index is 11.9. The van der Waals surface area contributed by atoms with Crippen LogP contribution in [0.5, 0.6) is 0 Å². The first-order valence-corrected chi connectivity index (χ1v) is 7.51. The van der Waals surface area contributed by atoms with Crippen LogP contribution in [0.3, 0.4) is 0 Å². The normalized spacial score (nSPS) is 18.2. The van der Waals surface area contributed by atoms with E-state index >= 15 is 0 Å². The number of aromatic nitrogens is 3. The standard InChI is InChI=1S/C12H16N4O4S/c1-7(17)21-6-8-4-10(18)16(5-8)12-13-9(14-15-12)2-3-11(19)20/h8H,2-6H2,1H3,(H,19,20)(H,13,14,15). The zero-order valence-electron chi connectivity index (χ0n) is 11.5. The molecule has 0 aliphatic carbocycles. The summed E-state index contributed by atoms with van der Waals surface area (Å²) in [5.41, 5.74) is 0. The van der Waals surface area contributed by atoms with Crippen LogP contribution in [0.2, 0.25) is 0 Å². The highest BCUT2D eigenvalue weighted by atomic mass is 32.2. The fraction of sp³-hybridized carbons (Fsp3) is 0.583. The third kappa shape index (κ3) is 4.28. The van der Waals surface area contributed by atoms with Crippen molar-refractivity contribution in [3.05, 3.63) is 5.82 Å². The Morgan fingerprint density at radius 2 is 2.29 bits per heavy atom.